The van der Waals surface area contributed by atoms with E-state index in [-0.39, 0.29) is 0 Å². The van der Waals surface area contributed by atoms with E-state index in [0.717, 1.165) is 21.3 Å². The van der Waals surface area contributed by atoms with Crippen LogP contribution in [0.2, 0.25) is 0 Å². The maximum Gasteiger partial charge on any atom is 0.142 e. The van der Waals surface area contributed by atoms with E-state index in [9.17, 15) is 0 Å². The summed E-state index contributed by atoms with van der Waals surface area (Å²) in [5.74, 6) is 0.823. The number of H-pyrrole nitrogens is 1. The Bertz CT molecular complexity index is 489. The van der Waals surface area contributed by atoms with Gasteiger partial charge in [-0.05, 0) is 18.2 Å². The van der Waals surface area contributed by atoms with Crippen molar-refractivity contribution in [2.45, 2.75) is 0 Å². The van der Waals surface area contributed by atoms with E-state index in [2.05, 4.69) is 4.98 Å². The largest absolute Gasteiger partial charge is 0.495 e. The van der Waals surface area contributed by atoms with E-state index >= 15 is 0 Å². The minimum Gasteiger partial charge on any atom is -0.495 e. The van der Waals surface area contributed by atoms with E-state index in [1.807, 2.05) is 30.3 Å². The van der Waals surface area contributed by atoms with Gasteiger partial charge in [-0.25, -0.2) is 0 Å². The zero-order valence-electron chi connectivity index (χ0n) is 7.20. The van der Waals surface area contributed by atoms with Crippen LogP contribution in [-0.2, 0) is 0 Å². The summed E-state index contributed by atoms with van der Waals surface area (Å²) in [5.41, 5.74) is 0.956. The number of aromatic nitrogens is 1. The molecule has 0 saturated carbocycles. The SMILES string of the molecule is COc1cccc2ccc(=S)[nH]c12. The van der Waals surface area contributed by atoms with E-state index in [1.54, 1.807) is 7.11 Å². The van der Waals surface area contributed by atoms with Crippen molar-refractivity contribution in [3.8, 4) is 5.75 Å². The molecule has 0 amide bonds. The molecule has 0 aliphatic carbocycles. The van der Waals surface area contributed by atoms with Gasteiger partial charge in [-0.2, -0.15) is 0 Å². The van der Waals surface area contributed by atoms with Crippen LogP contribution in [-0.4, -0.2) is 12.1 Å². The molecule has 0 radical (unpaired) electrons. The molecule has 0 saturated heterocycles. The van der Waals surface area contributed by atoms with Gasteiger partial charge in [0, 0.05) is 5.39 Å². The highest BCUT2D eigenvalue weighted by atomic mass is 32.1. The number of para-hydroxylation sites is 1. The number of rotatable bonds is 1. The molecule has 1 N–H and O–H groups in total. The zero-order chi connectivity index (χ0) is 9.26. The molecular weight excluding hydrogens is 182 g/mol. The molecule has 0 aliphatic rings. The molecule has 1 aromatic heterocycles. The van der Waals surface area contributed by atoms with Gasteiger partial charge >= 0.3 is 0 Å². The zero-order valence-corrected chi connectivity index (χ0v) is 8.02. The van der Waals surface area contributed by atoms with Crippen LogP contribution in [0.3, 0.4) is 0 Å². The molecule has 13 heavy (non-hydrogen) atoms. The van der Waals surface area contributed by atoms with Gasteiger partial charge in [-0.1, -0.05) is 24.4 Å². The van der Waals surface area contributed by atoms with Crippen molar-refractivity contribution >= 4 is 23.1 Å². The highest BCUT2D eigenvalue weighted by Crippen LogP contribution is 2.22. The molecule has 1 aromatic carbocycles. The lowest BCUT2D eigenvalue weighted by Crippen LogP contribution is -1.86. The molecule has 0 bridgehead atoms. The molecule has 1 heterocycles. The van der Waals surface area contributed by atoms with Gasteiger partial charge in [0.2, 0.25) is 0 Å². The van der Waals surface area contributed by atoms with E-state index < -0.39 is 0 Å². The summed E-state index contributed by atoms with van der Waals surface area (Å²) >= 11 is 5.04. The monoisotopic (exact) mass is 191 g/mol. The van der Waals surface area contributed by atoms with Crippen molar-refractivity contribution in [1.29, 1.82) is 0 Å². The fraction of sp³-hybridized carbons (Fsp3) is 0.100. The molecule has 0 atom stereocenters. The summed E-state index contributed by atoms with van der Waals surface area (Å²) in [7, 11) is 1.65. The van der Waals surface area contributed by atoms with Gasteiger partial charge in [0.1, 0.15) is 10.4 Å². The van der Waals surface area contributed by atoms with Gasteiger partial charge in [0.15, 0.2) is 0 Å². The van der Waals surface area contributed by atoms with Crippen LogP contribution in [0.4, 0.5) is 0 Å². The average Bonchev–Trinajstić information content (AvgIpc) is 2.17. The maximum absolute atomic E-state index is 5.20. The van der Waals surface area contributed by atoms with Crippen LogP contribution in [0, 0.1) is 4.64 Å². The van der Waals surface area contributed by atoms with Crippen molar-refractivity contribution in [3.63, 3.8) is 0 Å². The van der Waals surface area contributed by atoms with E-state index in [4.69, 9.17) is 17.0 Å². The first-order valence-corrected chi connectivity index (χ1v) is 4.38. The highest BCUT2D eigenvalue weighted by Gasteiger charge is 1.98. The predicted molar refractivity (Wildman–Crippen MR) is 55.7 cm³/mol. The number of pyridine rings is 1. The first-order chi connectivity index (χ1) is 6.31. The van der Waals surface area contributed by atoms with E-state index in [1.165, 1.54) is 0 Å². The van der Waals surface area contributed by atoms with Crippen molar-refractivity contribution in [2.75, 3.05) is 7.11 Å². The van der Waals surface area contributed by atoms with Crippen LogP contribution in [0.1, 0.15) is 0 Å². The lowest BCUT2D eigenvalue weighted by atomic mass is 10.2. The third-order valence-electron chi connectivity index (χ3n) is 1.94. The van der Waals surface area contributed by atoms with Crippen LogP contribution in [0.5, 0.6) is 5.75 Å². The normalized spacial score (nSPS) is 10.2. The summed E-state index contributed by atoms with van der Waals surface area (Å²) < 4.78 is 5.92. The van der Waals surface area contributed by atoms with Gasteiger partial charge in [-0.15, -0.1) is 0 Å². The third-order valence-corrected chi connectivity index (χ3v) is 2.18. The molecule has 2 nitrogen and oxygen atoms in total. The maximum atomic E-state index is 5.20. The van der Waals surface area contributed by atoms with Gasteiger partial charge in [0.05, 0.1) is 12.6 Å². The minimum atomic E-state index is 0.719. The third kappa shape index (κ3) is 1.42. The smallest absolute Gasteiger partial charge is 0.142 e. The lowest BCUT2D eigenvalue weighted by Gasteiger charge is -2.03. The standard InChI is InChI=1S/C10H9NOS/c1-12-8-4-2-3-7-5-6-9(13)11-10(7)8/h2-6H,1H3,(H,11,13). The Morgan fingerprint density at radius 2 is 2.08 bits per heavy atom. The summed E-state index contributed by atoms with van der Waals surface area (Å²) in [4.78, 5) is 3.10. The molecule has 3 heteroatoms. The topological polar surface area (TPSA) is 25.0 Å². The van der Waals surface area contributed by atoms with Crippen LogP contribution < -0.4 is 4.74 Å². The Morgan fingerprint density at radius 1 is 1.23 bits per heavy atom. The summed E-state index contributed by atoms with van der Waals surface area (Å²) in [6.45, 7) is 0. The fourth-order valence-corrected chi connectivity index (χ4v) is 1.49. The number of benzene rings is 1. The first-order valence-electron chi connectivity index (χ1n) is 3.97. The molecule has 0 spiro atoms. The van der Waals surface area contributed by atoms with Crippen molar-refractivity contribution in [2.24, 2.45) is 0 Å². The Labute approximate surface area is 81.2 Å². The van der Waals surface area contributed by atoms with Gasteiger partial charge in [-0.3, -0.25) is 0 Å². The second-order valence-electron chi connectivity index (χ2n) is 2.75. The second kappa shape index (κ2) is 3.18. The summed E-state index contributed by atoms with van der Waals surface area (Å²) in [5, 5.41) is 1.10. The van der Waals surface area contributed by atoms with Crippen molar-refractivity contribution in [1.82, 2.24) is 4.98 Å². The molecule has 0 aliphatic heterocycles. The Kier molecular flexibility index (Phi) is 2.02. The van der Waals surface area contributed by atoms with Crippen molar-refractivity contribution in [3.05, 3.63) is 35.0 Å². The number of methoxy groups -OCH3 is 1. The fourth-order valence-electron chi connectivity index (χ4n) is 1.32. The molecule has 0 unspecified atom stereocenters. The average molecular weight is 191 g/mol. The number of fused-ring (bicyclic) bond motifs is 1. The number of aromatic amines is 1. The number of hydrogen-bond acceptors (Lipinski definition) is 2. The molecule has 66 valence electrons. The number of nitrogens with one attached hydrogen (secondary N) is 1. The van der Waals surface area contributed by atoms with E-state index in [0.29, 0.717) is 0 Å². The quantitative estimate of drug-likeness (QED) is 0.701. The summed E-state index contributed by atoms with van der Waals surface area (Å²) in [6, 6.07) is 9.74. The highest BCUT2D eigenvalue weighted by molar-refractivity contribution is 7.71. The lowest BCUT2D eigenvalue weighted by molar-refractivity contribution is 0.419. The Hall–Kier alpha value is -1.35. The van der Waals surface area contributed by atoms with Crippen LogP contribution in [0.15, 0.2) is 30.3 Å². The molecule has 0 fully saturated rings. The summed E-state index contributed by atoms with van der Waals surface area (Å²) in [6.07, 6.45) is 0. The second-order valence-corrected chi connectivity index (χ2v) is 3.19. The van der Waals surface area contributed by atoms with Crippen molar-refractivity contribution < 1.29 is 4.74 Å². The minimum absolute atomic E-state index is 0.719. The molecule has 2 aromatic rings. The predicted octanol–water partition coefficient (Wildman–Crippen LogP) is 2.91. The first kappa shape index (κ1) is 8.26. The molecular formula is C10H9NOS. The van der Waals surface area contributed by atoms with Crippen LogP contribution >= 0.6 is 12.2 Å². The number of hydrogen-bond donors (Lipinski definition) is 1. The Balaban J connectivity index is 2.87. The van der Waals surface area contributed by atoms with Crippen LogP contribution in [0.25, 0.3) is 10.9 Å². The van der Waals surface area contributed by atoms with Gasteiger partial charge in [0.25, 0.3) is 0 Å². The van der Waals surface area contributed by atoms with Gasteiger partial charge < -0.3 is 9.72 Å². The number of ether oxygens (including phenoxy) is 1. The molecule has 2 rings (SSSR count). The Morgan fingerprint density at radius 3 is 2.85 bits per heavy atom.